The third-order valence-corrected chi connectivity index (χ3v) is 5.63. The normalized spacial score (nSPS) is 25.4. The Morgan fingerprint density at radius 2 is 2.10 bits per heavy atom. The first-order chi connectivity index (χ1) is 9.63. The molecule has 3 rings (SSSR count). The Hall–Kier alpha value is -0.540. The maximum absolute atomic E-state index is 3.88. The van der Waals surface area contributed by atoms with E-state index >= 15 is 0 Å². The van der Waals surface area contributed by atoms with E-state index in [-0.39, 0.29) is 0 Å². The van der Waals surface area contributed by atoms with Crippen molar-refractivity contribution in [3.05, 3.63) is 28.2 Å². The number of halogens is 1. The minimum Gasteiger partial charge on any atom is -0.365 e. The van der Waals surface area contributed by atoms with Gasteiger partial charge in [0.05, 0.1) is 0 Å². The van der Waals surface area contributed by atoms with Gasteiger partial charge in [0.15, 0.2) is 0 Å². The van der Waals surface area contributed by atoms with E-state index in [2.05, 4.69) is 58.2 Å². The molecule has 1 spiro atoms. The molecule has 3 heteroatoms. The van der Waals surface area contributed by atoms with Crippen LogP contribution >= 0.6 is 15.9 Å². The highest BCUT2D eigenvalue weighted by Crippen LogP contribution is 2.37. The van der Waals surface area contributed by atoms with E-state index in [4.69, 9.17) is 0 Å². The Labute approximate surface area is 131 Å². The van der Waals surface area contributed by atoms with E-state index in [1.165, 1.54) is 54.4 Å². The van der Waals surface area contributed by atoms with Gasteiger partial charge in [-0.05, 0) is 43.9 Å². The number of aryl methyl sites for hydroxylation is 1. The summed E-state index contributed by atoms with van der Waals surface area (Å²) in [4.78, 5) is 2.67. The smallest absolute Gasteiger partial charge is 0.0413 e. The summed E-state index contributed by atoms with van der Waals surface area (Å²) in [5.41, 5.74) is 3.18. The van der Waals surface area contributed by atoms with Crippen LogP contribution in [0, 0.1) is 6.92 Å². The third kappa shape index (κ3) is 2.62. The molecule has 0 aromatic heterocycles. The highest BCUT2D eigenvalue weighted by atomic mass is 79.9. The number of benzene rings is 1. The number of hydrogen-bond acceptors (Lipinski definition) is 2. The predicted molar refractivity (Wildman–Crippen MR) is 89.5 cm³/mol. The minimum absolute atomic E-state index is 0.375. The lowest BCUT2D eigenvalue weighted by Crippen LogP contribution is -2.63. The van der Waals surface area contributed by atoms with Crippen LogP contribution in [0.5, 0.6) is 0 Å². The number of rotatable bonds is 2. The molecule has 1 aliphatic heterocycles. The van der Waals surface area contributed by atoms with Gasteiger partial charge in [-0.3, -0.25) is 0 Å². The zero-order valence-electron chi connectivity index (χ0n) is 12.6. The zero-order valence-corrected chi connectivity index (χ0v) is 14.2. The van der Waals surface area contributed by atoms with Crippen molar-refractivity contribution in [3.8, 4) is 0 Å². The fraction of sp³-hybridized carbons (Fsp3) is 0.647. The summed E-state index contributed by atoms with van der Waals surface area (Å²) in [6.07, 6.45) is 6.65. The Morgan fingerprint density at radius 3 is 2.80 bits per heavy atom. The molecule has 1 atom stereocenters. The van der Waals surface area contributed by atoms with Gasteiger partial charge in [0.2, 0.25) is 0 Å². The van der Waals surface area contributed by atoms with Crippen LogP contribution in [0.25, 0.3) is 0 Å². The molecule has 0 amide bonds. The Kier molecular flexibility index (Phi) is 4.09. The second kappa shape index (κ2) is 5.69. The van der Waals surface area contributed by atoms with Crippen LogP contribution < -0.4 is 10.2 Å². The van der Waals surface area contributed by atoms with Crippen LogP contribution in [0.2, 0.25) is 0 Å². The minimum atomic E-state index is 0.375. The van der Waals surface area contributed by atoms with Crippen molar-refractivity contribution in [1.82, 2.24) is 5.32 Å². The fourth-order valence-electron chi connectivity index (χ4n) is 3.88. The molecular weight excluding hydrogens is 312 g/mol. The van der Waals surface area contributed by atoms with Crippen LogP contribution in [0.3, 0.4) is 0 Å². The van der Waals surface area contributed by atoms with Gasteiger partial charge in [0, 0.05) is 34.8 Å². The summed E-state index contributed by atoms with van der Waals surface area (Å²) in [5, 5.41) is 3.88. The second-order valence-electron chi connectivity index (χ2n) is 6.49. The van der Waals surface area contributed by atoms with Crippen molar-refractivity contribution >= 4 is 21.6 Å². The molecule has 110 valence electrons. The van der Waals surface area contributed by atoms with Crippen LogP contribution in [0.15, 0.2) is 22.7 Å². The molecule has 2 nitrogen and oxygen atoms in total. The molecular formula is C17H25BrN2. The first-order valence-electron chi connectivity index (χ1n) is 7.91. The van der Waals surface area contributed by atoms with E-state index in [9.17, 15) is 0 Å². The number of hydrogen-bond donors (Lipinski definition) is 1. The molecule has 1 N–H and O–H groups in total. The predicted octanol–water partition coefficient (Wildman–Crippen LogP) is 4.26. The molecule has 1 unspecified atom stereocenters. The van der Waals surface area contributed by atoms with Crippen molar-refractivity contribution in [2.75, 3.05) is 18.0 Å². The Bertz CT molecular complexity index is 480. The van der Waals surface area contributed by atoms with Crippen molar-refractivity contribution in [3.63, 3.8) is 0 Å². The van der Waals surface area contributed by atoms with E-state index in [0.29, 0.717) is 11.6 Å². The molecule has 20 heavy (non-hydrogen) atoms. The molecule has 2 fully saturated rings. The standard InChI is InChI=1S/C17H25BrN2/c1-3-15-11-19-17(8-4-5-9-17)12-20(15)16-10-14(18)7-6-13(16)2/h6-7,10,15,19H,3-5,8-9,11-12H2,1-2H3. The molecule has 0 radical (unpaired) electrons. The van der Waals surface area contributed by atoms with Gasteiger partial charge in [-0.25, -0.2) is 0 Å². The average molecular weight is 337 g/mol. The van der Waals surface area contributed by atoms with Crippen molar-refractivity contribution in [2.45, 2.75) is 57.5 Å². The van der Waals surface area contributed by atoms with Gasteiger partial charge < -0.3 is 10.2 Å². The lowest BCUT2D eigenvalue weighted by molar-refractivity contribution is 0.267. The quantitative estimate of drug-likeness (QED) is 0.867. The molecule has 1 heterocycles. The monoisotopic (exact) mass is 336 g/mol. The van der Waals surface area contributed by atoms with Gasteiger partial charge in [-0.2, -0.15) is 0 Å². The van der Waals surface area contributed by atoms with Gasteiger partial charge in [-0.1, -0.05) is 41.8 Å². The molecule has 1 saturated carbocycles. The van der Waals surface area contributed by atoms with Gasteiger partial charge in [0.1, 0.15) is 0 Å². The van der Waals surface area contributed by atoms with Crippen molar-refractivity contribution in [1.29, 1.82) is 0 Å². The molecule has 1 aromatic carbocycles. The first-order valence-corrected chi connectivity index (χ1v) is 8.71. The van der Waals surface area contributed by atoms with E-state index in [0.717, 1.165) is 6.54 Å². The third-order valence-electron chi connectivity index (χ3n) is 5.14. The topological polar surface area (TPSA) is 15.3 Å². The molecule has 1 aromatic rings. The Morgan fingerprint density at radius 1 is 1.35 bits per heavy atom. The van der Waals surface area contributed by atoms with Gasteiger partial charge >= 0.3 is 0 Å². The highest BCUT2D eigenvalue weighted by Gasteiger charge is 2.40. The van der Waals surface area contributed by atoms with Gasteiger partial charge in [0.25, 0.3) is 0 Å². The van der Waals surface area contributed by atoms with E-state index < -0.39 is 0 Å². The lowest BCUT2D eigenvalue weighted by atomic mass is 9.91. The SMILES string of the molecule is CCC1CNC2(CCCC2)CN1c1cc(Br)ccc1C. The average Bonchev–Trinajstić information content (AvgIpc) is 2.90. The largest absolute Gasteiger partial charge is 0.365 e. The molecule has 1 aliphatic carbocycles. The zero-order chi connectivity index (χ0) is 14.2. The maximum atomic E-state index is 3.88. The summed E-state index contributed by atoms with van der Waals surface area (Å²) >= 11 is 3.64. The highest BCUT2D eigenvalue weighted by molar-refractivity contribution is 9.10. The summed E-state index contributed by atoms with van der Waals surface area (Å²) in [6, 6.07) is 7.30. The Balaban J connectivity index is 1.92. The van der Waals surface area contributed by atoms with Gasteiger partial charge in [-0.15, -0.1) is 0 Å². The van der Waals surface area contributed by atoms with Crippen molar-refractivity contribution in [2.24, 2.45) is 0 Å². The van der Waals surface area contributed by atoms with Crippen LogP contribution in [0.1, 0.15) is 44.6 Å². The number of nitrogens with zero attached hydrogens (tertiary/aromatic N) is 1. The van der Waals surface area contributed by atoms with Crippen molar-refractivity contribution < 1.29 is 0 Å². The summed E-state index contributed by atoms with van der Waals surface area (Å²) in [6.45, 7) is 6.84. The summed E-state index contributed by atoms with van der Waals surface area (Å²) in [7, 11) is 0. The van der Waals surface area contributed by atoms with E-state index in [1.807, 2.05) is 0 Å². The number of piperazine rings is 1. The molecule has 0 bridgehead atoms. The first kappa shape index (κ1) is 14.4. The van der Waals surface area contributed by atoms with Crippen LogP contribution in [-0.2, 0) is 0 Å². The van der Waals surface area contributed by atoms with Crippen LogP contribution in [-0.4, -0.2) is 24.7 Å². The maximum Gasteiger partial charge on any atom is 0.0413 e. The second-order valence-corrected chi connectivity index (χ2v) is 7.40. The number of anilines is 1. The summed E-state index contributed by atoms with van der Waals surface area (Å²) < 4.78 is 1.19. The molecule has 1 saturated heterocycles. The lowest BCUT2D eigenvalue weighted by Gasteiger charge is -2.48. The molecule has 2 aliphatic rings. The fourth-order valence-corrected chi connectivity index (χ4v) is 4.23. The number of nitrogens with one attached hydrogen (secondary N) is 1. The van der Waals surface area contributed by atoms with Crippen LogP contribution in [0.4, 0.5) is 5.69 Å². The van der Waals surface area contributed by atoms with E-state index in [1.54, 1.807) is 0 Å². The summed E-state index contributed by atoms with van der Waals surface area (Å²) in [5.74, 6) is 0.